The predicted octanol–water partition coefficient (Wildman–Crippen LogP) is 3.21. The molecule has 0 saturated carbocycles. The van der Waals surface area contributed by atoms with E-state index in [9.17, 15) is 0 Å². The van der Waals surface area contributed by atoms with Crippen LogP contribution in [0.2, 0.25) is 0 Å². The van der Waals surface area contributed by atoms with Crippen LogP contribution in [0.3, 0.4) is 0 Å². The van der Waals surface area contributed by atoms with Crippen LogP contribution >= 0.6 is 0 Å². The predicted molar refractivity (Wildman–Crippen MR) is 64.5 cm³/mol. The first-order valence-electron chi connectivity index (χ1n) is 5.38. The molecule has 84 valence electrons. The molecule has 16 heavy (non-hydrogen) atoms. The molecule has 0 aliphatic heterocycles. The second-order valence-electron chi connectivity index (χ2n) is 3.97. The van der Waals surface area contributed by atoms with Crippen LogP contribution < -0.4 is 5.32 Å². The van der Waals surface area contributed by atoms with Gasteiger partial charge in [-0.15, -0.1) is 0 Å². The first-order chi connectivity index (χ1) is 7.65. The molecule has 0 fully saturated rings. The van der Waals surface area contributed by atoms with Gasteiger partial charge in [0.25, 0.3) is 0 Å². The van der Waals surface area contributed by atoms with Crippen LogP contribution in [0, 0.1) is 20.8 Å². The zero-order valence-corrected chi connectivity index (χ0v) is 9.87. The van der Waals surface area contributed by atoms with Crippen molar-refractivity contribution >= 4 is 5.69 Å². The highest BCUT2D eigenvalue weighted by Crippen LogP contribution is 2.13. The number of rotatable bonds is 3. The number of aromatic nitrogens is 1. The van der Waals surface area contributed by atoms with Crippen molar-refractivity contribution < 1.29 is 4.42 Å². The van der Waals surface area contributed by atoms with Gasteiger partial charge in [-0.2, -0.15) is 0 Å². The maximum atomic E-state index is 5.49. The van der Waals surface area contributed by atoms with E-state index in [4.69, 9.17) is 4.42 Å². The van der Waals surface area contributed by atoms with Crippen LogP contribution in [0.15, 0.2) is 28.7 Å². The lowest BCUT2D eigenvalue weighted by atomic mass is 10.2. The van der Waals surface area contributed by atoms with E-state index in [1.807, 2.05) is 26.0 Å². The fourth-order valence-corrected chi connectivity index (χ4v) is 1.55. The summed E-state index contributed by atoms with van der Waals surface area (Å²) in [6.07, 6.45) is 0. The fraction of sp³-hybridized carbons (Fsp3) is 0.308. The van der Waals surface area contributed by atoms with Crippen molar-refractivity contribution in [3.8, 4) is 0 Å². The van der Waals surface area contributed by atoms with Crippen molar-refractivity contribution in [1.82, 2.24) is 4.98 Å². The van der Waals surface area contributed by atoms with Gasteiger partial charge in [-0.3, -0.25) is 0 Å². The Bertz CT molecular complexity index is 469. The second kappa shape index (κ2) is 4.39. The van der Waals surface area contributed by atoms with Crippen LogP contribution in [-0.4, -0.2) is 4.98 Å². The van der Waals surface area contributed by atoms with Crippen molar-refractivity contribution in [1.29, 1.82) is 0 Å². The number of aryl methyl sites for hydroxylation is 3. The monoisotopic (exact) mass is 216 g/mol. The first-order valence-corrected chi connectivity index (χ1v) is 5.38. The topological polar surface area (TPSA) is 38.1 Å². The van der Waals surface area contributed by atoms with Crippen LogP contribution in [-0.2, 0) is 6.54 Å². The third-order valence-corrected chi connectivity index (χ3v) is 2.53. The SMILES string of the molecule is Cc1cccc(NCc2nc(C)c(C)o2)c1. The molecule has 0 spiro atoms. The summed E-state index contributed by atoms with van der Waals surface area (Å²) in [5, 5.41) is 3.29. The highest BCUT2D eigenvalue weighted by atomic mass is 16.4. The summed E-state index contributed by atoms with van der Waals surface area (Å²) in [7, 11) is 0. The Morgan fingerprint density at radius 2 is 2.06 bits per heavy atom. The molecule has 1 aromatic heterocycles. The third kappa shape index (κ3) is 2.42. The molecule has 0 aliphatic rings. The summed E-state index contributed by atoms with van der Waals surface area (Å²) in [5.74, 6) is 1.62. The van der Waals surface area contributed by atoms with Gasteiger partial charge in [-0.25, -0.2) is 4.98 Å². The third-order valence-electron chi connectivity index (χ3n) is 2.53. The smallest absolute Gasteiger partial charge is 0.213 e. The molecule has 0 atom stereocenters. The van der Waals surface area contributed by atoms with E-state index in [0.717, 1.165) is 23.0 Å². The van der Waals surface area contributed by atoms with E-state index in [-0.39, 0.29) is 0 Å². The summed E-state index contributed by atoms with van der Waals surface area (Å²) in [6.45, 7) is 6.58. The Kier molecular flexibility index (Phi) is 2.95. The van der Waals surface area contributed by atoms with Gasteiger partial charge >= 0.3 is 0 Å². The summed E-state index contributed by atoms with van der Waals surface area (Å²) < 4.78 is 5.49. The van der Waals surface area contributed by atoms with Gasteiger partial charge in [0.1, 0.15) is 5.76 Å². The van der Waals surface area contributed by atoms with Crippen LogP contribution in [0.5, 0.6) is 0 Å². The minimum Gasteiger partial charge on any atom is -0.444 e. The molecule has 0 radical (unpaired) electrons. The van der Waals surface area contributed by atoms with Gasteiger partial charge in [0.05, 0.1) is 12.2 Å². The van der Waals surface area contributed by atoms with E-state index >= 15 is 0 Å². The van der Waals surface area contributed by atoms with E-state index < -0.39 is 0 Å². The van der Waals surface area contributed by atoms with Crippen LogP contribution in [0.25, 0.3) is 0 Å². The first kappa shape index (κ1) is 10.7. The van der Waals surface area contributed by atoms with Crippen LogP contribution in [0.4, 0.5) is 5.69 Å². The summed E-state index contributed by atoms with van der Waals surface area (Å²) in [5.41, 5.74) is 3.29. The number of oxazole rings is 1. The van der Waals surface area contributed by atoms with E-state index in [2.05, 4.69) is 29.4 Å². The minimum atomic E-state index is 0.623. The zero-order valence-electron chi connectivity index (χ0n) is 9.87. The van der Waals surface area contributed by atoms with Gasteiger partial charge in [0.15, 0.2) is 0 Å². The van der Waals surface area contributed by atoms with Crippen molar-refractivity contribution in [2.45, 2.75) is 27.3 Å². The molecule has 2 rings (SSSR count). The molecule has 0 bridgehead atoms. The average Bonchev–Trinajstić information content (AvgIpc) is 2.56. The molecule has 0 amide bonds. The Labute approximate surface area is 95.5 Å². The summed E-state index contributed by atoms with van der Waals surface area (Å²) in [6, 6.07) is 8.24. The quantitative estimate of drug-likeness (QED) is 0.856. The molecule has 1 heterocycles. The molecule has 3 heteroatoms. The maximum Gasteiger partial charge on any atom is 0.213 e. The van der Waals surface area contributed by atoms with Crippen molar-refractivity contribution in [2.75, 3.05) is 5.32 Å². The van der Waals surface area contributed by atoms with Gasteiger partial charge in [0.2, 0.25) is 5.89 Å². The molecule has 1 N–H and O–H groups in total. The second-order valence-corrected chi connectivity index (χ2v) is 3.97. The highest BCUT2D eigenvalue weighted by Gasteiger charge is 2.04. The largest absolute Gasteiger partial charge is 0.444 e. The van der Waals surface area contributed by atoms with Crippen LogP contribution in [0.1, 0.15) is 22.9 Å². The number of nitrogens with one attached hydrogen (secondary N) is 1. The summed E-state index contributed by atoms with van der Waals surface area (Å²) in [4.78, 5) is 4.32. The standard InChI is InChI=1S/C13H16N2O/c1-9-5-4-6-12(7-9)14-8-13-15-10(2)11(3)16-13/h4-7,14H,8H2,1-3H3. The number of nitrogens with zero attached hydrogens (tertiary/aromatic N) is 1. The van der Waals surface area contributed by atoms with Crippen molar-refractivity contribution in [3.05, 3.63) is 47.2 Å². The number of hydrogen-bond acceptors (Lipinski definition) is 3. The van der Waals surface area contributed by atoms with E-state index in [1.165, 1.54) is 5.56 Å². The normalized spacial score (nSPS) is 10.4. The molecule has 0 saturated heterocycles. The van der Waals surface area contributed by atoms with Gasteiger partial charge in [-0.1, -0.05) is 12.1 Å². The fourth-order valence-electron chi connectivity index (χ4n) is 1.55. The molecule has 2 aromatic rings. The molecule has 3 nitrogen and oxygen atoms in total. The van der Waals surface area contributed by atoms with E-state index in [1.54, 1.807) is 0 Å². The zero-order chi connectivity index (χ0) is 11.5. The minimum absolute atomic E-state index is 0.623. The van der Waals surface area contributed by atoms with Gasteiger partial charge < -0.3 is 9.73 Å². The van der Waals surface area contributed by atoms with Crippen molar-refractivity contribution in [3.63, 3.8) is 0 Å². The molecule has 0 aliphatic carbocycles. The van der Waals surface area contributed by atoms with Crippen molar-refractivity contribution in [2.24, 2.45) is 0 Å². The number of anilines is 1. The molecule has 0 unspecified atom stereocenters. The Balaban J connectivity index is 2.02. The Morgan fingerprint density at radius 1 is 1.25 bits per heavy atom. The lowest BCUT2D eigenvalue weighted by Gasteiger charge is -2.04. The summed E-state index contributed by atoms with van der Waals surface area (Å²) >= 11 is 0. The van der Waals surface area contributed by atoms with Gasteiger partial charge in [0, 0.05) is 5.69 Å². The average molecular weight is 216 g/mol. The Hall–Kier alpha value is -1.77. The molecular formula is C13H16N2O. The van der Waals surface area contributed by atoms with Gasteiger partial charge in [-0.05, 0) is 38.5 Å². The maximum absolute atomic E-state index is 5.49. The Morgan fingerprint density at radius 3 is 2.69 bits per heavy atom. The number of benzene rings is 1. The molecule has 1 aromatic carbocycles. The van der Waals surface area contributed by atoms with E-state index in [0.29, 0.717) is 6.54 Å². The highest BCUT2D eigenvalue weighted by molar-refractivity contribution is 5.45. The lowest BCUT2D eigenvalue weighted by molar-refractivity contribution is 0.478. The molecular weight excluding hydrogens is 200 g/mol. The lowest BCUT2D eigenvalue weighted by Crippen LogP contribution is -1.99. The number of hydrogen-bond donors (Lipinski definition) is 1.